The van der Waals surface area contributed by atoms with Crippen molar-refractivity contribution in [3.63, 3.8) is 0 Å². The maximum absolute atomic E-state index is 11.3. The molecule has 0 aliphatic carbocycles. The Morgan fingerprint density at radius 3 is 2.78 bits per heavy atom. The zero-order valence-electron chi connectivity index (χ0n) is 13.8. The fraction of sp³-hybridized carbons (Fsp3) is 0.529. The van der Waals surface area contributed by atoms with E-state index in [2.05, 4.69) is 40.2 Å². The summed E-state index contributed by atoms with van der Waals surface area (Å²) in [4.78, 5) is 20.9. The van der Waals surface area contributed by atoms with Gasteiger partial charge in [0.15, 0.2) is 5.13 Å². The zero-order chi connectivity index (χ0) is 16.2. The Bertz CT molecular complexity index is 676. The predicted octanol–water partition coefficient (Wildman–Crippen LogP) is 2.25. The van der Waals surface area contributed by atoms with Gasteiger partial charge in [-0.1, -0.05) is 30.4 Å². The van der Waals surface area contributed by atoms with Crippen molar-refractivity contribution in [2.24, 2.45) is 0 Å². The average molecular weight is 332 g/mol. The smallest absolute Gasteiger partial charge is 0.219 e. The number of aromatic nitrogens is 1. The van der Waals surface area contributed by atoms with Crippen LogP contribution in [0, 0.1) is 6.92 Å². The molecule has 2 heterocycles. The van der Waals surface area contributed by atoms with Crippen LogP contribution in [0.25, 0.3) is 10.2 Å². The molecule has 0 spiro atoms. The molecule has 1 aromatic heterocycles. The van der Waals surface area contributed by atoms with Crippen LogP contribution < -0.4 is 10.2 Å². The summed E-state index contributed by atoms with van der Waals surface area (Å²) >= 11 is 1.78. The summed E-state index contributed by atoms with van der Waals surface area (Å²) < 4.78 is 1.27. The highest BCUT2D eigenvalue weighted by atomic mass is 32.1. The van der Waals surface area contributed by atoms with Gasteiger partial charge < -0.3 is 10.2 Å². The lowest BCUT2D eigenvalue weighted by molar-refractivity contribution is -0.120. The summed E-state index contributed by atoms with van der Waals surface area (Å²) in [6, 6.07) is 6.37. The van der Waals surface area contributed by atoms with Gasteiger partial charge in [0, 0.05) is 45.7 Å². The largest absolute Gasteiger partial charge is 0.355 e. The highest BCUT2D eigenvalue weighted by Gasteiger charge is 2.19. The molecule has 0 saturated carbocycles. The summed E-state index contributed by atoms with van der Waals surface area (Å²) in [7, 11) is 0. The van der Waals surface area contributed by atoms with E-state index in [1.165, 1.54) is 10.3 Å². The molecule has 3 rings (SSSR count). The minimum absolute atomic E-state index is 0.133. The Balaban J connectivity index is 1.54. The maximum Gasteiger partial charge on any atom is 0.219 e. The number of fused-ring (bicyclic) bond motifs is 1. The predicted molar refractivity (Wildman–Crippen MR) is 96.3 cm³/mol. The fourth-order valence-corrected chi connectivity index (χ4v) is 3.95. The van der Waals surface area contributed by atoms with Crippen LogP contribution in [0.15, 0.2) is 18.2 Å². The fourth-order valence-electron chi connectivity index (χ4n) is 2.85. The van der Waals surface area contributed by atoms with Crippen LogP contribution >= 0.6 is 11.3 Å². The number of carbonyl (C=O) groups excluding carboxylic acids is 1. The molecule has 0 radical (unpaired) electrons. The quantitative estimate of drug-likeness (QED) is 0.912. The number of nitrogens with zero attached hydrogens (tertiary/aromatic N) is 3. The van der Waals surface area contributed by atoms with Gasteiger partial charge in [0.05, 0.1) is 10.2 Å². The number of rotatable bonds is 5. The Kier molecular flexibility index (Phi) is 5.13. The van der Waals surface area contributed by atoms with E-state index in [1.807, 2.05) is 6.92 Å². The SMILES string of the molecule is CCC(=O)NCCN1CCN(c2nc3c(C)cccc3s2)CC1. The Morgan fingerprint density at radius 1 is 1.30 bits per heavy atom. The Hall–Kier alpha value is -1.66. The van der Waals surface area contributed by atoms with Gasteiger partial charge in [-0.3, -0.25) is 9.69 Å². The number of benzene rings is 1. The lowest BCUT2D eigenvalue weighted by atomic mass is 10.2. The van der Waals surface area contributed by atoms with Crippen molar-refractivity contribution >= 4 is 32.6 Å². The highest BCUT2D eigenvalue weighted by Crippen LogP contribution is 2.30. The second-order valence-corrected chi connectivity index (χ2v) is 6.96. The Labute approximate surface area is 141 Å². The second kappa shape index (κ2) is 7.27. The molecule has 1 aromatic carbocycles. The van der Waals surface area contributed by atoms with Gasteiger partial charge in [0.2, 0.25) is 5.91 Å². The molecule has 124 valence electrons. The number of thiazole rings is 1. The lowest BCUT2D eigenvalue weighted by Gasteiger charge is -2.34. The van der Waals surface area contributed by atoms with E-state index < -0.39 is 0 Å². The van der Waals surface area contributed by atoms with Gasteiger partial charge in [0.1, 0.15) is 0 Å². The van der Waals surface area contributed by atoms with E-state index in [-0.39, 0.29) is 5.91 Å². The third kappa shape index (κ3) is 3.82. The molecular formula is C17H24N4OS. The standard InChI is InChI=1S/C17H24N4OS/c1-3-15(22)18-7-8-20-9-11-21(12-10-20)17-19-16-13(2)5-4-6-14(16)23-17/h4-6H,3,7-12H2,1-2H3,(H,18,22). The maximum atomic E-state index is 11.3. The Morgan fingerprint density at radius 2 is 2.09 bits per heavy atom. The molecule has 1 saturated heterocycles. The summed E-state index contributed by atoms with van der Waals surface area (Å²) in [6.07, 6.45) is 0.560. The minimum atomic E-state index is 0.133. The molecule has 5 nitrogen and oxygen atoms in total. The van der Waals surface area contributed by atoms with E-state index in [0.717, 1.165) is 49.9 Å². The van der Waals surface area contributed by atoms with Crippen molar-refractivity contribution < 1.29 is 4.79 Å². The summed E-state index contributed by atoms with van der Waals surface area (Å²) in [5, 5.41) is 4.07. The van der Waals surface area contributed by atoms with Crippen LogP contribution in [-0.2, 0) is 4.79 Å². The van der Waals surface area contributed by atoms with Crippen molar-refractivity contribution in [1.29, 1.82) is 0 Å². The number of hydrogen-bond donors (Lipinski definition) is 1. The molecule has 1 amide bonds. The molecular weight excluding hydrogens is 308 g/mol. The normalized spacial score (nSPS) is 16.0. The van der Waals surface area contributed by atoms with E-state index in [1.54, 1.807) is 11.3 Å². The number of para-hydroxylation sites is 1. The van der Waals surface area contributed by atoms with Crippen molar-refractivity contribution in [3.8, 4) is 0 Å². The number of carbonyl (C=O) groups is 1. The van der Waals surface area contributed by atoms with Crippen LogP contribution in [0.3, 0.4) is 0 Å². The topological polar surface area (TPSA) is 48.5 Å². The van der Waals surface area contributed by atoms with E-state index in [9.17, 15) is 4.79 Å². The monoisotopic (exact) mass is 332 g/mol. The molecule has 23 heavy (non-hydrogen) atoms. The summed E-state index contributed by atoms with van der Waals surface area (Å²) in [6.45, 7) is 9.72. The molecule has 0 atom stereocenters. The molecule has 1 N–H and O–H groups in total. The lowest BCUT2D eigenvalue weighted by Crippen LogP contribution is -2.48. The highest BCUT2D eigenvalue weighted by molar-refractivity contribution is 7.22. The van der Waals surface area contributed by atoms with Crippen molar-refractivity contribution in [3.05, 3.63) is 23.8 Å². The number of amides is 1. The first-order valence-corrected chi connectivity index (χ1v) is 9.09. The molecule has 0 unspecified atom stereocenters. The van der Waals surface area contributed by atoms with Gasteiger partial charge in [-0.05, 0) is 18.6 Å². The van der Waals surface area contributed by atoms with Crippen molar-refractivity contribution in [1.82, 2.24) is 15.2 Å². The molecule has 6 heteroatoms. The number of nitrogens with one attached hydrogen (secondary N) is 1. The summed E-state index contributed by atoms with van der Waals surface area (Å²) in [5.41, 5.74) is 2.38. The van der Waals surface area contributed by atoms with Gasteiger partial charge >= 0.3 is 0 Å². The van der Waals surface area contributed by atoms with E-state index in [0.29, 0.717) is 6.42 Å². The molecule has 2 aromatic rings. The number of piperazine rings is 1. The van der Waals surface area contributed by atoms with Gasteiger partial charge in [-0.2, -0.15) is 0 Å². The molecule has 0 bridgehead atoms. The second-order valence-electron chi connectivity index (χ2n) is 5.95. The zero-order valence-corrected chi connectivity index (χ0v) is 14.7. The van der Waals surface area contributed by atoms with Crippen LogP contribution in [0.1, 0.15) is 18.9 Å². The van der Waals surface area contributed by atoms with Crippen molar-refractivity contribution in [2.75, 3.05) is 44.2 Å². The van der Waals surface area contributed by atoms with Gasteiger partial charge in [0.25, 0.3) is 0 Å². The minimum Gasteiger partial charge on any atom is -0.355 e. The van der Waals surface area contributed by atoms with E-state index in [4.69, 9.17) is 4.98 Å². The van der Waals surface area contributed by atoms with Crippen LogP contribution in [0.2, 0.25) is 0 Å². The number of anilines is 1. The van der Waals surface area contributed by atoms with Crippen molar-refractivity contribution in [2.45, 2.75) is 20.3 Å². The summed E-state index contributed by atoms with van der Waals surface area (Å²) in [5.74, 6) is 0.133. The first-order chi connectivity index (χ1) is 11.2. The number of hydrogen-bond acceptors (Lipinski definition) is 5. The van der Waals surface area contributed by atoms with Gasteiger partial charge in [-0.15, -0.1) is 0 Å². The molecule has 1 aliphatic heterocycles. The number of aryl methyl sites for hydroxylation is 1. The molecule has 1 aliphatic rings. The first-order valence-electron chi connectivity index (χ1n) is 8.27. The average Bonchev–Trinajstić information content (AvgIpc) is 3.01. The van der Waals surface area contributed by atoms with E-state index >= 15 is 0 Å². The van der Waals surface area contributed by atoms with Gasteiger partial charge in [-0.25, -0.2) is 4.98 Å². The third-order valence-electron chi connectivity index (χ3n) is 4.32. The molecule has 1 fully saturated rings. The van der Waals surface area contributed by atoms with Crippen LogP contribution in [0.4, 0.5) is 5.13 Å². The van der Waals surface area contributed by atoms with Crippen LogP contribution in [-0.4, -0.2) is 55.1 Å². The van der Waals surface area contributed by atoms with Crippen LogP contribution in [0.5, 0.6) is 0 Å². The first kappa shape index (κ1) is 16.2. The third-order valence-corrected chi connectivity index (χ3v) is 5.40.